The molecule has 1 aromatic carbocycles. The van der Waals surface area contributed by atoms with Crippen LogP contribution in [-0.2, 0) is 11.5 Å². The van der Waals surface area contributed by atoms with Gasteiger partial charge in [0.05, 0.1) is 11.0 Å². The monoisotopic (exact) mass is 303 g/mol. The molecule has 0 aromatic heterocycles. The van der Waals surface area contributed by atoms with Crippen molar-refractivity contribution in [3.8, 4) is 5.75 Å². The predicted octanol–water partition coefficient (Wildman–Crippen LogP) is 1.33. The molecule has 0 saturated heterocycles. The third-order valence-corrected chi connectivity index (χ3v) is 3.98. The Hall–Kier alpha value is -1.35. The Morgan fingerprint density at radius 1 is 1.05 bits per heavy atom. The maximum absolute atomic E-state index is 10.0. The molecule has 0 fully saturated rings. The highest BCUT2D eigenvalue weighted by molar-refractivity contribution is 7.90. The topological polar surface area (TPSA) is 73.1 Å². The minimum absolute atomic E-state index is 0.0887. The van der Waals surface area contributed by atoms with Gasteiger partial charge >= 0.3 is 0 Å². The first-order valence-electron chi connectivity index (χ1n) is 5.86. The van der Waals surface area contributed by atoms with Crippen molar-refractivity contribution >= 4 is 17.1 Å². The summed E-state index contributed by atoms with van der Waals surface area (Å²) in [5.41, 5.74) is -0.0972. The van der Waals surface area contributed by atoms with E-state index in [4.69, 9.17) is 5.11 Å². The molecule has 0 aliphatic heterocycles. The molecular weight excluding hydrogens is 280 g/mol. The zero-order chi connectivity index (χ0) is 15.9. The van der Waals surface area contributed by atoms with Crippen LogP contribution in [0.5, 0.6) is 5.75 Å². The Kier molecular flexibility index (Phi) is 8.16. The predicted molar refractivity (Wildman–Crippen MR) is 83.2 cm³/mol. The lowest BCUT2D eigenvalue weighted by atomic mass is 10.3. The average Bonchev–Trinajstić information content (AvgIpc) is 2.27. The van der Waals surface area contributed by atoms with Gasteiger partial charge in [-0.25, -0.2) is 0 Å². The fourth-order valence-corrected chi connectivity index (χ4v) is 3.55. The van der Waals surface area contributed by atoms with Crippen LogP contribution >= 0.6 is 0 Å². The summed E-state index contributed by atoms with van der Waals surface area (Å²) in [5, 5.41) is 18.8. The van der Waals surface area contributed by atoms with Gasteiger partial charge in [0.1, 0.15) is 5.75 Å². The maximum atomic E-state index is 10.0. The Balaban J connectivity index is 0.000000361. The van der Waals surface area contributed by atoms with Gasteiger partial charge in [-0.05, 0) is 6.07 Å². The molecule has 0 aliphatic rings. The smallest absolute Gasteiger partial charge is 0.273 e. The summed E-state index contributed by atoms with van der Waals surface area (Å²) in [7, 11) is 12.5. The van der Waals surface area contributed by atoms with E-state index < -0.39 is 4.92 Å². The molecule has 0 amide bonds. The molecule has 0 heterocycles. The van der Waals surface area contributed by atoms with Gasteiger partial charge in [-0.3, -0.25) is 10.1 Å². The molecule has 1 rings (SSSR count). The lowest BCUT2D eigenvalue weighted by Gasteiger charge is -2.20. The average molecular weight is 303 g/mol. The zero-order valence-corrected chi connectivity index (χ0v) is 13.6. The Labute approximate surface area is 123 Å². The minimum Gasteiger partial charge on any atom is -0.508 e. The molecule has 8 heteroatoms. The second-order valence-corrected chi connectivity index (χ2v) is 7.14. The first kappa shape index (κ1) is 18.7. The van der Waals surface area contributed by atoms with E-state index in [1.165, 1.54) is 18.2 Å². The van der Waals surface area contributed by atoms with Gasteiger partial charge in [-0.15, -0.1) is 0 Å². The van der Waals surface area contributed by atoms with Crippen molar-refractivity contribution in [2.45, 2.75) is 0 Å². The number of phenols is 1. The van der Waals surface area contributed by atoms with Crippen molar-refractivity contribution < 1.29 is 10.0 Å². The minimum atomic E-state index is -0.556. The van der Waals surface area contributed by atoms with E-state index in [9.17, 15) is 10.1 Å². The van der Waals surface area contributed by atoms with Crippen LogP contribution in [0.4, 0.5) is 5.69 Å². The van der Waals surface area contributed by atoms with Crippen molar-refractivity contribution in [3.63, 3.8) is 0 Å². The number of hydrogen-bond acceptors (Lipinski definition) is 6. The lowest BCUT2D eigenvalue weighted by Crippen LogP contribution is -2.44. The van der Waals surface area contributed by atoms with Gasteiger partial charge in [0.15, 0.2) is 0 Å². The van der Waals surface area contributed by atoms with E-state index in [0.29, 0.717) is 0 Å². The molecule has 0 aliphatic carbocycles. The van der Waals surface area contributed by atoms with Crippen LogP contribution in [0.1, 0.15) is 0 Å². The van der Waals surface area contributed by atoms with Crippen LogP contribution in [0.2, 0.25) is 0 Å². The van der Waals surface area contributed by atoms with Gasteiger partial charge in [0.2, 0.25) is 0 Å². The fourth-order valence-electron chi connectivity index (χ4n) is 1.59. The van der Waals surface area contributed by atoms with E-state index in [-0.39, 0.29) is 22.9 Å². The number of non-ortho nitro benzene ring substituents is 1. The highest BCUT2D eigenvalue weighted by atomic mass is 32.2. The molecular formula is C12H23N4O3S+. The van der Waals surface area contributed by atoms with Crippen molar-refractivity contribution in [2.24, 2.45) is 0 Å². The summed E-state index contributed by atoms with van der Waals surface area (Å²) >= 11 is 0.120. The highest BCUT2D eigenvalue weighted by Crippen LogP contribution is 2.16. The van der Waals surface area contributed by atoms with Crippen molar-refractivity contribution in [1.82, 2.24) is 12.9 Å². The second-order valence-electron chi connectivity index (χ2n) is 4.46. The van der Waals surface area contributed by atoms with Crippen LogP contribution in [0.15, 0.2) is 24.3 Å². The normalized spacial score (nSPS) is 10.9. The molecule has 20 heavy (non-hydrogen) atoms. The number of rotatable bonds is 4. The van der Waals surface area contributed by atoms with Crippen LogP contribution < -0.4 is 0 Å². The summed E-state index contributed by atoms with van der Waals surface area (Å²) in [6.45, 7) is 0. The summed E-state index contributed by atoms with van der Waals surface area (Å²) in [5.74, 6) is -0.0887. The first-order valence-corrected chi connectivity index (χ1v) is 6.96. The third kappa shape index (κ3) is 6.71. The molecule has 0 saturated carbocycles. The van der Waals surface area contributed by atoms with Gasteiger partial charge in [-0.1, -0.05) is 19.0 Å². The van der Waals surface area contributed by atoms with Gasteiger partial charge in [0, 0.05) is 48.4 Å². The highest BCUT2D eigenvalue weighted by Gasteiger charge is 2.29. The first-order chi connectivity index (χ1) is 9.16. The third-order valence-electron chi connectivity index (χ3n) is 2.02. The lowest BCUT2D eigenvalue weighted by molar-refractivity contribution is -0.384. The Morgan fingerprint density at radius 3 is 1.70 bits per heavy atom. The molecule has 0 atom stereocenters. The van der Waals surface area contributed by atoms with Crippen LogP contribution in [0.3, 0.4) is 0 Å². The quantitative estimate of drug-likeness (QED) is 0.514. The number of phenolic OH excluding ortho intramolecular Hbond substituents is 1. The molecule has 114 valence electrons. The van der Waals surface area contributed by atoms with E-state index in [2.05, 4.69) is 55.2 Å². The van der Waals surface area contributed by atoms with E-state index in [0.717, 1.165) is 6.07 Å². The van der Waals surface area contributed by atoms with Crippen molar-refractivity contribution in [3.05, 3.63) is 34.4 Å². The molecule has 7 nitrogen and oxygen atoms in total. The summed E-state index contributed by atoms with van der Waals surface area (Å²) in [6, 6.07) is 5.22. The molecule has 0 radical (unpaired) electrons. The molecule has 0 spiro atoms. The summed E-state index contributed by atoms with van der Waals surface area (Å²) in [4.78, 5) is 9.49. The summed E-state index contributed by atoms with van der Waals surface area (Å²) < 4.78 is 6.58. The summed E-state index contributed by atoms with van der Waals surface area (Å²) in [6.07, 6.45) is 0. The molecule has 1 aromatic rings. The Bertz CT molecular complexity index is 408. The van der Waals surface area contributed by atoms with Crippen LogP contribution in [0, 0.1) is 10.1 Å². The van der Waals surface area contributed by atoms with E-state index >= 15 is 0 Å². The van der Waals surface area contributed by atoms with Gasteiger partial charge in [-0.2, -0.15) is 0 Å². The van der Waals surface area contributed by atoms with Crippen LogP contribution in [0.25, 0.3) is 0 Å². The number of benzene rings is 1. The zero-order valence-electron chi connectivity index (χ0n) is 12.8. The maximum Gasteiger partial charge on any atom is 0.273 e. The largest absolute Gasteiger partial charge is 0.508 e. The van der Waals surface area contributed by atoms with Crippen molar-refractivity contribution in [2.75, 3.05) is 42.3 Å². The van der Waals surface area contributed by atoms with E-state index in [1.54, 1.807) is 0 Å². The molecule has 0 unspecified atom stereocenters. The number of hydrogen-bond donors (Lipinski definition) is 1. The SMILES string of the molecule is CN(C)[S+](N(C)C)N(C)C.O=[N+]([O-])c1cccc(O)c1. The van der Waals surface area contributed by atoms with Gasteiger partial charge in [0.25, 0.3) is 17.1 Å². The molecule has 1 N–H and O–H groups in total. The number of nitro benzene ring substituents is 1. The van der Waals surface area contributed by atoms with E-state index in [1.807, 2.05) is 0 Å². The Morgan fingerprint density at radius 2 is 1.50 bits per heavy atom. The number of nitro groups is 1. The number of nitrogens with zero attached hydrogens (tertiary/aromatic N) is 4. The molecule has 0 bridgehead atoms. The fraction of sp³-hybridized carbons (Fsp3) is 0.500. The standard InChI is InChI=1S/C6H18N3S.C6H5NO3/c1-7(2)10(8(3)4)9(5)6;8-6-3-1-2-5(4-6)7(9)10/h1-6H3;1-4,8H/q+1;. The van der Waals surface area contributed by atoms with Crippen LogP contribution in [-0.4, -0.2) is 65.2 Å². The second kappa shape index (κ2) is 8.75. The van der Waals surface area contributed by atoms with Crippen molar-refractivity contribution in [1.29, 1.82) is 0 Å². The van der Waals surface area contributed by atoms with Gasteiger partial charge < -0.3 is 5.11 Å². The number of aromatic hydroxyl groups is 1.